The van der Waals surface area contributed by atoms with Crippen molar-refractivity contribution in [3.8, 4) is 0 Å². The van der Waals surface area contributed by atoms with Gasteiger partial charge in [0.05, 0.1) is 18.8 Å². The number of nitrogens with one attached hydrogen (secondary N) is 1. The Hall–Kier alpha value is -1.13. The Balaban J connectivity index is 3.69. The van der Waals surface area contributed by atoms with Crippen LogP contribution in [0.25, 0.3) is 0 Å². The summed E-state index contributed by atoms with van der Waals surface area (Å²) >= 11 is 0. The molecule has 0 aromatic heterocycles. The molecule has 1 amide bonds. The Morgan fingerprint density at radius 3 is 1.47 bits per heavy atom. The molecule has 3 N–H and O–H groups in total. The fourth-order valence-corrected chi connectivity index (χ4v) is 4.82. The standard InChI is InChI=1S/C34H65NO3/c1-3-5-7-9-11-13-15-17-19-21-23-25-27-29-33(37)32(31-36)35-34(38)30-28-26-24-22-20-18-16-14-12-10-8-6-4-2/h15,17,27,29,32-33,36-37H,3-14,16,18-26,28,30-31H2,1-2H3,(H,35,38). The van der Waals surface area contributed by atoms with Crippen molar-refractivity contribution in [1.82, 2.24) is 5.32 Å². The number of unbranched alkanes of at least 4 members (excludes halogenated alkanes) is 20. The molecule has 0 aromatic carbocycles. The van der Waals surface area contributed by atoms with Crippen LogP contribution in [0.4, 0.5) is 0 Å². The lowest BCUT2D eigenvalue weighted by molar-refractivity contribution is -0.123. The zero-order valence-corrected chi connectivity index (χ0v) is 25.4. The summed E-state index contributed by atoms with van der Waals surface area (Å²) in [6.07, 6.45) is 36.8. The first-order valence-corrected chi connectivity index (χ1v) is 16.6. The quantitative estimate of drug-likeness (QED) is 0.0660. The van der Waals surface area contributed by atoms with Crippen LogP contribution in [-0.4, -0.2) is 34.9 Å². The molecule has 38 heavy (non-hydrogen) atoms. The minimum atomic E-state index is -0.844. The Labute approximate surface area is 237 Å². The van der Waals surface area contributed by atoms with E-state index in [1.165, 1.54) is 109 Å². The van der Waals surface area contributed by atoms with Crippen LogP contribution in [0.15, 0.2) is 24.3 Å². The molecular weight excluding hydrogens is 470 g/mol. The van der Waals surface area contributed by atoms with Crippen LogP contribution in [0, 0.1) is 0 Å². The van der Waals surface area contributed by atoms with E-state index in [9.17, 15) is 15.0 Å². The topological polar surface area (TPSA) is 69.6 Å². The van der Waals surface area contributed by atoms with E-state index in [1.807, 2.05) is 6.08 Å². The predicted molar refractivity (Wildman–Crippen MR) is 165 cm³/mol. The average molecular weight is 536 g/mol. The van der Waals surface area contributed by atoms with Crippen LogP contribution in [0.3, 0.4) is 0 Å². The Morgan fingerprint density at radius 1 is 0.605 bits per heavy atom. The summed E-state index contributed by atoms with van der Waals surface area (Å²) < 4.78 is 0. The van der Waals surface area contributed by atoms with E-state index in [0.717, 1.165) is 38.5 Å². The van der Waals surface area contributed by atoms with E-state index in [0.29, 0.717) is 6.42 Å². The van der Waals surface area contributed by atoms with Crippen molar-refractivity contribution in [3.63, 3.8) is 0 Å². The van der Waals surface area contributed by atoms with Crippen molar-refractivity contribution in [3.05, 3.63) is 24.3 Å². The maximum absolute atomic E-state index is 12.2. The van der Waals surface area contributed by atoms with Gasteiger partial charge < -0.3 is 15.5 Å². The molecule has 0 rings (SSSR count). The summed E-state index contributed by atoms with van der Waals surface area (Å²) in [6, 6.07) is -0.624. The lowest BCUT2D eigenvalue weighted by atomic mass is 10.0. The van der Waals surface area contributed by atoms with Crippen LogP contribution >= 0.6 is 0 Å². The first kappa shape index (κ1) is 36.9. The molecule has 0 aromatic rings. The summed E-state index contributed by atoms with van der Waals surface area (Å²) in [4.78, 5) is 12.2. The Bertz CT molecular complexity index is 546. The van der Waals surface area contributed by atoms with Crippen LogP contribution < -0.4 is 5.32 Å². The van der Waals surface area contributed by atoms with Crippen molar-refractivity contribution >= 4 is 5.91 Å². The number of hydrogen-bond acceptors (Lipinski definition) is 3. The minimum absolute atomic E-state index is 0.0725. The van der Waals surface area contributed by atoms with Gasteiger partial charge in [-0.05, 0) is 44.9 Å². The third kappa shape index (κ3) is 26.5. The fraction of sp³-hybridized carbons (Fsp3) is 0.853. The van der Waals surface area contributed by atoms with Crippen molar-refractivity contribution in [2.24, 2.45) is 0 Å². The van der Waals surface area contributed by atoms with Gasteiger partial charge in [0, 0.05) is 6.42 Å². The Kier molecular flexibility index (Phi) is 29.5. The molecule has 0 fully saturated rings. The van der Waals surface area contributed by atoms with E-state index in [1.54, 1.807) is 6.08 Å². The third-order valence-electron chi connectivity index (χ3n) is 7.43. The van der Waals surface area contributed by atoms with Crippen molar-refractivity contribution < 1.29 is 15.0 Å². The molecule has 0 saturated heterocycles. The average Bonchev–Trinajstić information content (AvgIpc) is 2.92. The molecule has 0 heterocycles. The maximum Gasteiger partial charge on any atom is 0.220 e. The molecular formula is C34H65NO3. The molecule has 0 aliphatic heterocycles. The number of carbonyl (C=O) groups is 1. The van der Waals surface area contributed by atoms with Gasteiger partial charge in [-0.1, -0.05) is 141 Å². The first-order valence-electron chi connectivity index (χ1n) is 16.6. The maximum atomic E-state index is 12.2. The zero-order valence-electron chi connectivity index (χ0n) is 25.4. The lowest BCUT2D eigenvalue weighted by Gasteiger charge is -2.20. The van der Waals surface area contributed by atoms with E-state index >= 15 is 0 Å². The highest BCUT2D eigenvalue weighted by molar-refractivity contribution is 5.76. The van der Waals surface area contributed by atoms with E-state index in [-0.39, 0.29) is 12.5 Å². The molecule has 0 radical (unpaired) electrons. The molecule has 2 atom stereocenters. The highest BCUT2D eigenvalue weighted by Crippen LogP contribution is 2.13. The molecule has 4 nitrogen and oxygen atoms in total. The zero-order chi connectivity index (χ0) is 27.9. The van der Waals surface area contributed by atoms with Crippen molar-refractivity contribution in [2.75, 3.05) is 6.61 Å². The number of carbonyl (C=O) groups excluding carboxylic acids is 1. The molecule has 224 valence electrons. The largest absolute Gasteiger partial charge is 0.394 e. The van der Waals surface area contributed by atoms with Crippen molar-refractivity contribution in [2.45, 2.75) is 180 Å². The fourth-order valence-electron chi connectivity index (χ4n) is 4.82. The number of aliphatic hydroxyl groups excluding tert-OH is 2. The first-order chi connectivity index (χ1) is 18.7. The molecule has 0 saturated carbocycles. The van der Waals surface area contributed by atoms with Gasteiger partial charge in [-0.2, -0.15) is 0 Å². The van der Waals surface area contributed by atoms with Gasteiger partial charge in [0.25, 0.3) is 0 Å². The van der Waals surface area contributed by atoms with Gasteiger partial charge >= 0.3 is 0 Å². The molecule has 0 aliphatic carbocycles. The smallest absolute Gasteiger partial charge is 0.220 e. The number of amides is 1. The monoisotopic (exact) mass is 535 g/mol. The van der Waals surface area contributed by atoms with Crippen LogP contribution in [0.5, 0.6) is 0 Å². The highest BCUT2D eigenvalue weighted by atomic mass is 16.3. The van der Waals surface area contributed by atoms with E-state index in [2.05, 4.69) is 31.3 Å². The predicted octanol–water partition coefficient (Wildman–Crippen LogP) is 9.34. The number of rotatable bonds is 29. The minimum Gasteiger partial charge on any atom is -0.394 e. The summed E-state index contributed by atoms with van der Waals surface area (Å²) in [5.41, 5.74) is 0. The second kappa shape index (κ2) is 30.4. The highest BCUT2D eigenvalue weighted by Gasteiger charge is 2.17. The molecule has 2 unspecified atom stereocenters. The molecule has 0 spiro atoms. The van der Waals surface area contributed by atoms with E-state index in [4.69, 9.17) is 0 Å². The summed E-state index contributed by atoms with van der Waals surface area (Å²) in [7, 11) is 0. The summed E-state index contributed by atoms with van der Waals surface area (Å²) in [5.74, 6) is -0.0725. The third-order valence-corrected chi connectivity index (χ3v) is 7.43. The molecule has 0 bridgehead atoms. The van der Waals surface area contributed by atoms with Gasteiger partial charge in [0.15, 0.2) is 0 Å². The second-order valence-electron chi connectivity index (χ2n) is 11.2. The molecule has 4 heteroatoms. The van der Waals surface area contributed by atoms with Crippen LogP contribution in [0.2, 0.25) is 0 Å². The van der Waals surface area contributed by atoms with Crippen molar-refractivity contribution in [1.29, 1.82) is 0 Å². The van der Waals surface area contributed by atoms with Gasteiger partial charge in [-0.3, -0.25) is 4.79 Å². The van der Waals surface area contributed by atoms with Gasteiger partial charge in [-0.25, -0.2) is 0 Å². The van der Waals surface area contributed by atoms with Gasteiger partial charge in [0.1, 0.15) is 0 Å². The summed E-state index contributed by atoms with van der Waals surface area (Å²) in [5, 5.41) is 22.8. The van der Waals surface area contributed by atoms with Crippen LogP contribution in [0.1, 0.15) is 168 Å². The number of aliphatic hydroxyl groups is 2. The number of hydrogen-bond donors (Lipinski definition) is 3. The SMILES string of the molecule is CCCCCCCC=CCCCCC=CC(O)C(CO)NC(=O)CCCCCCCCCCCCCCC. The van der Waals surface area contributed by atoms with Crippen LogP contribution in [-0.2, 0) is 4.79 Å². The normalized spacial score (nSPS) is 13.5. The Morgan fingerprint density at radius 2 is 1.00 bits per heavy atom. The molecule has 0 aliphatic rings. The second-order valence-corrected chi connectivity index (χ2v) is 11.2. The lowest BCUT2D eigenvalue weighted by Crippen LogP contribution is -2.45. The number of allylic oxidation sites excluding steroid dienone is 3. The summed E-state index contributed by atoms with van der Waals surface area (Å²) in [6.45, 7) is 4.26. The van der Waals surface area contributed by atoms with E-state index < -0.39 is 12.1 Å². The van der Waals surface area contributed by atoms with Gasteiger partial charge in [-0.15, -0.1) is 0 Å². The van der Waals surface area contributed by atoms with Gasteiger partial charge in [0.2, 0.25) is 5.91 Å².